The van der Waals surface area contributed by atoms with E-state index < -0.39 is 0 Å². The Kier molecular flexibility index (Phi) is 13.8. The zero-order chi connectivity index (χ0) is 11.7. The summed E-state index contributed by atoms with van der Waals surface area (Å²) < 4.78 is 0. The largest absolute Gasteiger partial charge is 0.357 e. The molecule has 0 fully saturated rings. The Balaban J connectivity index is 0. The maximum absolute atomic E-state index is 4.55. The number of nitrogens with one attached hydrogen (secondary N) is 2. The molecule has 0 aliphatic heterocycles. The molecule has 98 valence electrons. The first kappa shape index (κ1) is 18.7. The van der Waals surface area contributed by atoms with Gasteiger partial charge in [-0.25, -0.2) is 0 Å². The second-order valence-electron chi connectivity index (χ2n) is 3.72. The predicted octanol–water partition coefficient (Wildman–Crippen LogP) is 2.71. The maximum atomic E-state index is 4.55. The van der Waals surface area contributed by atoms with Gasteiger partial charge >= 0.3 is 0 Å². The van der Waals surface area contributed by atoms with E-state index in [1.807, 2.05) is 11.8 Å². The molecule has 2 atom stereocenters. The Labute approximate surface area is 122 Å². The number of nitrogens with zero attached hydrogens (tertiary/aromatic N) is 1. The summed E-state index contributed by atoms with van der Waals surface area (Å²) in [5.41, 5.74) is 0. The molecule has 0 heterocycles. The van der Waals surface area contributed by atoms with Crippen molar-refractivity contribution in [3.05, 3.63) is 0 Å². The molecule has 2 unspecified atom stereocenters. The van der Waals surface area contributed by atoms with Gasteiger partial charge in [0.15, 0.2) is 5.96 Å². The minimum Gasteiger partial charge on any atom is -0.357 e. The van der Waals surface area contributed by atoms with Crippen LogP contribution in [0.25, 0.3) is 0 Å². The van der Waals surface area contributed by atoms with Crippen molar-refractivity contribution in [1.82, 2.24) is 10.6 Å². The van der Waals surface area contributed by atoms with Gasteiger partial charge in [0.05, 0.1) is 6.54 Å². The molecule has 0 bridgehead atoms. The topological polar surface area (TPSA) is 36.4 Å². The fourth-order valence-corrected chi connectivity index (χ4v) is 1.17. The summed E-state index contributed by atoms with van der Waals surface area (Å²) in [4.78, 5) is 4.55. The van der Waals surface area contributed by atoms with Crippen LogP contribution < -0.4 is 10.6 Å². The molecule has 0 aromatic heterocycles. The second-order valence-corrected chi connectivity index (χ2v) is 5.00. The normalized spacial score (nSPS) is 14.9. The molecular weight excluding hydrogens is 333 g/mol. The first-order valence-electron chi connectivity index (χ1n) is 5.71. The average Bonchev–Trinajstić information content (AvgIpc) is 2.25. The highest BCUT2D eigenvalue weighted by atomic mass is 127. The van der Waals surface area contributed by atoms with Crippen molar-refractivity contribution in [3.8, 4) is 0 Å². The van der Waals surface area contributed by atoms with Gasteiger partial charge in [0.1, 0.15) is 0 Å². The predicted molar refractivity (Wildman–Crippen MR) is 87.3 cm³/mol. The molecular formula is C11H26IN3S. The number of hydrogen-bond donors (Lipinski definition) is 2. The number of guanidine groups is 1. The van der Waals surface area contributed by atoms with E-state index in [0.29, 0.717) is 11.3 Å². The Morgan fingerprint density at radius 2 is 1.94 bits per heavy atom. The van der Waals surface area contributed by atoms with Crippen molar-refractivity contribution in [2.75, 3.05) is 19.3 Å². The third-order valence-corrected chi connectivity index (χ3v) is 3.20. The van der Waals surface area contributed by atoms with Gasteiger partial charge in [-0.15, -0.1) is 24.0 Å². The SMILES string of the molecule is CCNC(=NCC(C)SC)NC(C)CC.I. The average molecular weight is 359 g/mol. The van der Waals surface area contributed by atoms with Crippen molar-refractivity contribution in [1.29, 1.82) is 0 Å². The molecule has 0 aromatic rings. The van der Waals surface area contributed by atoms with Crippen LogP contribution in [0.4, 0.5) is 0 Å². The molecule has 5 heteroatoms. The lowest BCUT2D eigenvalue weighted by molar-refractivity contribution is 0.624. The zero-order valence-electron chi connectivity index (χ0n) is 11.0. The summed E-state index contributed by atoms with van der Waals surface area (Å²) in [6.45, 7) is 10.4. The Morgan fingerprint density at radius 1 is 1.31 bits per heavy atom. The standard InChI is InChI=1S/C11H25N3S.HI/c1-6-9(3)14-11(12-7-2)13-8-10(4)15-5;/h9-10H,6-8H2,1-5H3,(H2,12,13,14);1H. The van der Waals surface area contributed by atoms with Crippen LogP contribution >= 0.6 is 35.7 Å². The molecule has 0 amide bonds. The van der Waals surface area contributed by atoms with Gasteiger partial charge in [-0.3, -0.25) is 4.99 Å². The molecule has 0 saturated carbocycles. The summed E-state index contributed by atoms with van der Waals surface area (Å²) in [5.74, 6) is 0.938. The molecule has 0 saturated heterocycles. The molecule has 0 aliphatic carbocycles. The van der Waals surface area contributed by atoms with Crippen molar-refractivity contribution in [2.24, 2.45) is 4.99 Å². The van der Waals surface area contributed by atoms with E-state index in [1.165, 1.54) is 0 Å². The monoisotopic (exact) mass is 359 g/mol. The summed E-state index contributed by atoms with van der Waals surface area (Å²) in [7, 11) is 0. The molecule has 0 aromatic carbocycles. The fourth-order valence-electron chi connectivity index (χ4n) is 0.950. The van der Waals surface area contributed by atoms with Gasteiger partial charge in [0.25, 0.3) is 0 Å². The van der Waals surface area contributed by atoms with Crippen molar-refractivity contribution >= 4 is 41.7 Å². The van der Waals surface area contributed by atoms with E-state index in [1.54, 1.807) is 0 Å². The summed E-state index contributed by atoms with van der Waals surface area (Å²) in [6.07, 6.45) is 3.23. The smallest absolute Gasteiger partial charge is 0.191 e. The molecule has 0 spiro atoms. The third-order valence-electron chi connectivity index (χ3n) is 2.25. The van der Waals surface area contributed by atoms with Crippen LogP contribution in [0.3, 0.4) is 0 Å². The summed E-state index contributed by atoms with van der Waals surface area (Å²) in [6, 6.07) is 0.479. The maximum Gasteiger partial charge on any atom is 0.191 e. The highest BCUT2D eigenvalue weighted by molar-refractivity contribution is 14.0. The van der Waals surface area contributed by atoms with Crippen LogP contribution in [0.15, 0.2) is 4.99 Å². The Bertz CT molecular complexity index is 188. The van der Waals surface area contributed by atoms with E-state index in [4.69, 9.17) is 0 Å². The minimum atomic E-state index is 0. The molecule has 0 rings (SSSR count). The van der Waals surface area contributed by atoms with Crippen LogP contribution in [0, 0.1) is 0 Å². The van der Waals surface area contributed by atoms with Gasteiger partial charge in [-0.1, -0.05) is 13.8 Å². The third kappa shape index (κ3) is 9.57. The van der Waals surface area contributed by atoms with Crippen LogP contribution in [-0.4, -0.2) is 36.6 Å². The van der Waals surface area contributed by atoms with Gasteiger partial charge < -0.3 is 10.6 Å². The van der Waals surface area contributed by atoms with Crippen molar-refractivity contribution < 1.29 is 0 Å². The van der Waals surface area contributed by atoms with E-state index >= 15 is 0 Å². The quantitative estimate of drug-likeness (QED) is 0.435. The zero-order valence-corrected chi connectivity index (χ0v) is 14.2. The summed E-state index contributed by atoms with van der Waals surface area (Å²) >= 11 is 1.85. The molecule has 0 radical (unpaired) electrons. The lowest BCUT2D eigenvalue weighted by Crippen LogP contribution is -2.42. The molecule has 16 heavy (non-hydrogen) atoms. The van der Waals surface area contributed by atoms with Crippen LogP contribution in [0.2, 0.25) is 0 Å². The fraction of sp³-hybridized carbons (Fsp3) is 0.909. The lowest BCUT2D eigenvalue weighted by Gasteiger charge is -2.16. The highest BCUT2D eigenvalue weighted by Crippen LogP contribution is 2.04. The van der Waals surface area contributed by atoms with Crippen molar-refractivity contribution in [3.63, 3.8) is 0 Å². The molecule has 3 nitrogen and oxygen atoms in total. The van der Waals surface area contributed by atoms with Gasteiger partial charge in [0, 0.05) is 17.8 Å². The van der Waals surface area contributed by atoms with E-state index in [-0.39, 0.29) is 24.0 Å². The van der Waals surface area contributed by atoms with E-state index in [2.05, 4.69) is 49.6 Å². The Hall–Kier alpha value is 0.350. The summed E-state index contributed by atoms with van der Waals surface area (Å²) in [5, 5.41) is 7.21. The molecule has 0 aliphatic rings. The number of halogens is 1. The number of thioether (sulfide) groups is 1. The number of hydrogen-bond acceptors (Lipinski definition) is 2. The van der Waals surface area contributed by atoms with Crippen LogP contribution in [0.5, 0.6) is 0 Å². The first-order valence-corrected chi connectivity index (χ1v) is 7.00. The van der Waals surface area contributed by atoms with Crippen LogP contribution in [0.1, 0.15) is 34.1 Å². The van der Waals surface area contributed by atoms with E-state index in [0.717, 1.165) is 25.5 Å². The van der Waals surface area contributed by atoms with Gasteiger partial charge in [-0.05, 0) is 26.5 Å². The Morgan fingerprint density at radius 3 is 2.38 bits per heavy atom. The first-order chi connectivity index (χ1) is 7.13. The number of rotatable bonds is 6. The second kappa shape index (κ2) is 11.8. The van der Waals surface area contributed by atoms with Crippen LogP contribution in [-0.2, 0) is 0 Å². The van der Waals surface area contributed by atoms with Gasteiger partial charge in [0.2, 0.25) is 0 Å². The van der Waals surface area contributed by atoms with Gasteiger partial charge in [-0.2, -0.15) is 11.8 Å². The minimum absolute atomic E-state index is 0. The number of aliphatic imine (C=N–C) groups is 1. The molecule has 2 N–H and O–H groups in total. The highest BCUT2D eigenvalue weighted by Gasteiger charge is 2.03. The lowest BCUT2D eigenvalue weighted by atomic mass is 10.3. The van der Waals surface area contributed by atoms with Crippen molar-refractivity contribution in [2.45, 2.75) is 45.4 Å². The van der Waals surface area contributed by atoms with E-state index in [9.17, 15) is 0 Å².